The first-order valence-electron chi connectivity index (χ1n) is 4.56. The smallest absolute Gasteiger partial charge is 0.0999 e. The van der Waals surface area contributed by atoms with Crippen LogP contribution in [0.25, 0.3) is 11.3 Å². The Balaban J connectivity index is 2.58. The molecule has 0 radical (unpaired) electrons. The van der Waals surface area contributed by atoms with Crippen molar-refractivity contribution in [1.82, 2.24) is 4.98 Å². The first-order chi connectivity index (χ1) is 7.20. The number of benzene rings is 1. The fourth-order valence-electron chi connectivity index (χ4n) is 1.51. The molecule has 1 aromatic carbocycles. The van der Waals surface area contributed by atoms with E-state index < -0.39 is 0 Å². The number of nitriles is 1. The van der Waals surface area contributed by atoms with Crippen LogP contribution < -0.4 is 0 Å². The predicted molar refractivity (Wildman–Crippen MR) is 63.4 cm³/mol. The summed E-state index contributed by atoms with van der Waals surface area (Å²) in [5.74, 6) is 0. The van der Waals surface area contributed by atoms with Gasteiger partial charge < -0.3 is 4.98 Å². The number of nitrogens with zero attached hydrogens (tertiary/aromatic N) is 1. The Labute approximate surface area is 96.7 Å². The molecule has 0 spiro atoms. The molecule has 0 unspecified atom stereocenters. The van der Waals surface area contributed by atoms with Crippen LogP contribution in [-0.4, -0.2) is 4.98 Å². The second kappa shape index (κ2) is 3.92. The molecule has 1 N–H and O–H groups in total. The molecule has 1 heterocycles. The van der Waals surface area contributed by atoms with Crippen molar-refractivity contribution in [3.8, 4) is 17.3 Å². The average Bonchev–Trinajstić information content (AvgIpc) is 2.64. The largest absolute Gasteiger partial charge is 0.359 e. The Morgan fingerprint density at radius 1 is 1.27 bits per heavy atom. The first-order valence-corrected chi connectivity index (χ1v) is 5.35. The van der Waals surface area contributed by atoms with Gasteiger partial charge in [0.05, 0.1) is 11.6 Å². The molecule has 0 aliphatic heterocycles. The van der Waals surface area contributed by atoms with Crippen molar-refractivity contribution in [2.75, 3.05) is 0 Å². The molecule has 0 aliphatic rings. The maximum absolute atomic E-state index is 9.03. The third-order valence-corrected chi connectivity index (χ3v) is 2.72. The third kappa shape index (κ3) is 1.95. The van der Waals surface area contributed by atoms with Crippen molar-refractivity contribution < 1.29 is 0 Å². The van der Waals surface area contributed by atoms with Gasteiger partial charge in [0.25, 0.3) is 0 Å². The molecule has 0 fully saturated rings. The van der Waals surface area contributed by atoms with Crippen molar-refractivity contribution in [3.05, 3.63) is 46.1 Å². The molecule has 2 rings (SSSR count). The summed E-state index contributed by atoms with van der Waals surface area (Å²) >= 11 is 3.35. The molecule has 74 valence electrons. The van der Waals surface area contributed by atoms with Gasteiger partial charge in [-0.25, -0.2) is 0 Å². The van der Waals surface area contributed by atoms with E-state index in [-0.39, 0.29) is 0 Å². The molecule has 15 heavy (non-hydrogen) atoms. The standard InChI is InChI=1S/C12H9BrN2/c1-8-2-5-12(15-8)11-4-3-10(13)6-9(11)7-14/h2-6,15H,1H3. The minimum absolute atomic E-state index is 0.672. The number of aromatic amines is 1. The van der Waals surface area contributed by atoms with E-state index >= 15 is 0 Å². The van der Waals surface area contributed by atoms with Crippen molar-refractivity contribution in [1.29, 1.82) is 5.26 Å². The van der Waals surface area contributed by atoms with Gasteiger partial charge >= 0.3 is 0 Å². The lowest BCUT2D eigenvalue weighted by Gasteiger charge is -2.01. The lowest BCUT2D eigenvalue weighted by molar-refractivity contribution is 1.26. The van der Waals surface area contributed by atoms with Crippen LogP contribution in [-0.2, 0) is 0 Å². The highest BCUT2D eigenvalue weighted by Gasteiger charge is 2.06. The summed E-state index contributed by atoms with van der Waals surface area (Å²) in [6.45, 7) is 1.99. The number of H-pyrrole nitrogens is 1. The zero-order valence-electron chi connectivity index (χ0n) is 8.21. The summed E-state index contributed by atoms with van der Waals surface area (Å²) in [5, 5.41) is 9.03. The molecule has 1 aromatic heterocycles. The average molecular weight is 261 g/mol. The van der Waals surface area contributed by atoms with Crippen molar-refractivity contribution in [2.24, 2.45) is 0 Å². The Bertz CT molecular complexity index is 535. The minimum atomic E-state index is 0.672. The topological polar surface area (TPSA) is 39.6 Å². The van der Waals surface area contributed by atoms with Crippen LogP contribution in [0.5, 0.6) is 0 Å². The van der Waals surface area contributed by atoms with Crippen LogP contribution in [0.1, 0.15) is 11.3 Å². The summed E-state index contributed by atoms with van der Waals surface area (Å²) in [7, 11) is 0. The molecular formula is C12H9BrN2. The number of rotatable bonds is 1. The van der Waals surface area contributed by atoms with Gasteiger partial charge in [-0.3, -0.25) is 0 Å². The van der Waals surface area contributed by atoms with E-state index in [4.69, 9.17) is 5.26 Å². The van der Waals surface area contributed by atoms with E-state index in [9.17, 15) is 0 Å². The first kappa shape index (κ1) is 10.0. The molecule has 0 atom stereocenters. The molecule has 0 saturated carbocycles. The molecule has 0 bridgehead atoms. The molecule has 3 heteroatoms. The lowest BCUT2D eigenvalue weighted by Crippen LogP contribution is -1.84. The number of aryl methyl sites for hydroxylation is 1. The third-order valence-electron chi connectivity index (χ3n) is 2.22. The van der Waals surface area contributed by atoms with E-state index in [1.807, 2.05) is 37.3 Å². The van der Waals surface area contributed by atoms with E-state index in [1.165, 1.54) is 0 Å². The minimum Gasteiger partial charge on any atom is -0.359 e. The zero-order chi connectivity index (χ0) is 10.8. The molecule has 0 aliphatic carbocycles. The normalized spacial score (nSPS) is 9.93. The van der Waals surface area contributed by atoms with Crippen molar-refractivity contribution in [2.45, 2.75) is 6.92 Å². The maximum Gasteiger partial charge on any atom is 0.0999 e. The van der Waals surface area contributed by atoms with E-state index in [1.54, 1.807) is 0 Å². The monoisotopic (exact) mass is 260 g/mol. The molecular weight excluding hydrogens is 252 g/mol. The number of nitrogens with one attached hydrogen (secondary N) is 1. The van der Waals surface area contributed by atoms with Gasteiger partial charge in [0.15, 0.2) is 0 Å². The predicted octanol–water partition coefficient (Wildman–Crippen LogP) is 3.62. The van der Waals surface area contributed by atoms with Gasteiger partial charge in [-0.05, 0) is 31.2 Å². The SMILES string of the molecule is Cc1ccc(-c2ccc(Br)cc2C#N)[nH]1. The summed E-state index contributed by atoms with van der Waals surface area (Å²) in [6, 6.07) is 11.9. The number of hydrogen-bond donors (Lipinski definition) is 1. The van der Waals surface area contributed by atoms with E-state index in [0.717, 1.165) is 21.4 Å². The van der Waals surface area contributed by atoms with Gasteiger partial charge in [-0.1, -0.05) is 22.0 Å². The highest BCUT2D eigenvalue weighted by molar-refractivity contribution is 9.10. The number of aromatic nitrogens is 1. The van der Waals surface area contributed by atoms with Crippen LogP contribution in [0.15, 0.2) is 34.8 Å². The number of hydrogen-bond acceptors (Lipinski definition) is 1. The fourth-order valence-corrected chi connectivity index (χ4v) is 1.87. The summed E-state index contributed by atoms with van der Waals surface area (Å²) in [4.78, 5) is 3.22. The Morgan fingerprint density at radius 3 is 2.67 bits per heavy atom. The number of halogens is 1. The zero-order valence-corrected chi connectivity index (χ0v) is 9.80. The molecule has 2 aromatic rings. The van der Waals surface area contributed by atoms with Crippen LogP contribution in [0.3, 0.4) is 0 Å². The van der Waals surface area contributed by atoms with E-state index in [0.29, 0.717) is 5.56 Å². The quantitative estimate of drug-likeness (QED) is 0.836. The van der Waals surface area contributed by atoms with Crippen molar-refractivity contribution >= 4 is 15.9 Å². The Morgan fingerprint density at radius 2 is 2.07 bits per heavy atom. The van der Waals surface area contributed by atoms with Gasteiger partial charge in [-0.15, -0.1) is 0 Å². The van der Waals surface area contributed by atoms with Crippen LogP contribution in [0, 0.1) is 18.3 Å². The molecule has 0 amide bonds. The van der Waals surface area contributed by atoms with Gasteiger partial charge in [0, 0.05) is 21.4 Å². The molecule has 2 nitrogen and oxygen atoms in total. The van der Waals surface area contributed by atoms with Gasteiger partial charge in [0.1, 0.15) is 0 Å². The lowest BCUT2D eigenvalue weighted by atomic mass is 10.1. The Kier molecular flexibility index (Phi) is 2.61. The van der Waals surface area contributed by atoms with Crippen molar-refractivity contribution in [3.63, 3.8) is 0 Å². The second-order valence-electron chi connectivity index (χ2n) is 3.36. The second-order valence-corrected chi connectivity index (χ2v) is 4.27. The highest BCUT2D eigenvalue weighted by atomic mass is 79.9. The van der Waals surface area contributed by atoms with Crippen LogP contribution >= 0.6 is 15.9 Å². The van der Waals surface area contributed by atoms with Gasteiger partial charge in [-0.2, -0.15) is 5.26 Å². The summed E-state index contributed by atoms with van der Waals surface area (Å²) in [6.07, 6.45) is 0. The highest BCUT2D eigenvalue weighted by Crippen LogP contribution is 2.25. The summed E-state index contributed by atoms with van der Waals surface area (Å²) in [5.41, 5.74) is 3.69. The Hall–Kier alpha value is -1.53. The summed E-state index contributed by atoms with van der Waals surface area (Å²) < 4.78 is 0.922. The fraction of sp³-hybridized carbons (Fsp3) is 0.0833. The van der Waals surface area contributed by atoms with Crippen LogP contribution in [0.4, 0.5) is 0 Å². The van der Waals surface area contributed by atoms with Gasteiger partial charge in [0.2, 0.25) is 0 Å². The maximum atomic E-state index is 9.03. The van der Waals surface area contributed by atoms with E-state index in [2.05, 4.69) is 27.0 Å². The molecule has 0 saturated heterocycles. The van der Waals surface area contributed by atoms with Crippen LogP contribution in [0.2, 0.25) is 0 Å².